The van der Waals surface area contributed by atoms with Gasteiger partial charge in [0, 0.05) is 6.61 Å². The number of Topliss-reactive ketones (excluding diaryl/α,β-unsaturated/α-hetero) is 1. The van der Waals surface area contributed by atoms with Crippen molar-refractivity contribution in [2.24, 2.45) is 0 Å². The van der Waals surface area contributed by atoms with Crippen LogP contribution in [0, 0.1) is 0 Å². The highest BCUT2D eigenvalue weighted by Gasteiger charge is 2.36. The van der Waals surface area contributed by atoms with Crippen LogP contribution < -0.4 is 0 Å². The second-order valence-electron chi connectivity index (χ2n) is 4.07. The minimum absolute atomic E-state index is 0.0164. The predicted molar refractivity (Wildman–Crippen MR) is 51.2 cm³/mol. The number of nitrogens with zero attached hydrogens (tertiary/aromatic N) is 2. The van der Waals surface area contributed by atoms with Crippen LogP contribution in [0.3, 0.4) is 0 Å². The molecule has 15 heavy (non-hydrogen) atoms. The van der Waals surface area contributed by atoms with Gasteiger partial charge in [-0.15, -0.1) is 0 Å². The monoisotopic (exact) mass is 210 g/mol. The van der Waals surface area contributed by atoms with Crippen molar-refractivity contribution in [2.75, 3.05) is 6.61 Å². The molecule has 5 nitrogen and oxygen atoms in total. The Labute approximate surface area is 87.8 Å². The van der Waals surface area contributed by atoms with Crippen LogP contribution in [0.4, 0.5) is 0 Å². The molecule has 82 valence electrons. The van der Waals surface area contributed by atoms with Crippen LogP contribution >= 0.6 is 0 Å². The van der Waals surface area contributed by atoms with E-state index in [0.29, 0.717) is 11.7 Å². The molecule has 1 aliphatic rings. The topological polar surface area (TPSA) is 65.2 Å². The summed E-state index contributed by atoms with van der Waals surface area (Å²) in [6, 6.07) is 0. The summed E-state index contributed by atoms with van der Waals surface area (Å²) in [5.74, 6) is 0.938. The molecule has 0 radical (unpaired) electrons. The van der Waals surface area contributed by atoms with Crippen molar-refractivity contribution in [1.29, 1.82) is 0 Å². The first-order chi connectivity index (χ1) is 7.10. The summed E-state index contributed by atoms with van der Waals surface area (Å²) in [6.07, 6.45) is 2.10. The van der Waals surface area contributed by atoms with Crippen molar-refractivity contribution < 1.29 is 14.1 Å². The first kappa shape index (κ1) is 10.3. The molecule has 1 aromatic rings. The number of hydrogen-bond donors (Lipinski definition) is 0. The first-order valence-corrected chi connectivity index (χ1v) is 5.07. The van der Waals surface area contributed by atoms with Gasteiger partial charge >= 0.3 is 0 Å². The molecule has 0 aliphatic carbocycles. The quantitative estimate of drug-likeness (QED) is 0.750. The Bertz CT molecular complexity index is 366. The minimum Gasteiger partial charge on any atom is -0.367 e. The number of ketones is 1. The highest BCUT2D eigenvalue weighted by molar-refractivity contribution is 5.77. The van der Waals surface area contributed by atoms with Crippen molar-refractivity contribution in [3.63, 3.8) is 0 Å². The van der Waals surface area contributed by atoms with Gasteiger partial charge in [-0.25, -0.2) is 0 Å². The van der Waals surface area contributed by atoms with Gasteiger partial charge in [0.2, 0.25) is 11.7 Å². The smallest absolute Gasteiger partial charge is 0.234 e. The van der Waals surface area contributed by atoms with Crippen LogP contribution in [-0.4, -0.2) is 22.5 Å². The SMILES string of the molecule is CC(=O)Cc1nc(C2(C)CCCO2)no1. The fraction of sp³-hybridized carbons (Fsp3) is 0.700. The lowest BCUT2D eigenvalue weighted by atomic mass is 10.0. The molecule has 1 aliphatic heterocycles. The maximum Gasteiger partial charge on any atom is 0.234 e. The Morgan fingerprint density at radius 2 is 2.40 bits per heavy atom. The Hall–Kier alpha value is -1.23. The van der Waals surface area contributed by atoms with Crippen LogP contribution in [0.2, 0.25) is 0 Å². The van der Waals surface area contributed by atoms with Crippen LogP contribution in [0.5, 0.6) is 0 Å². The van der Waals surface area contributed by atoms with E-state index in [-0.39, 0.29) is 12.2 Å². The summed E-state index contributed by atoms with van der Waals surface area (Å²) in [5.41, 5.74) is -0.432. The van der Waals surface area contributed by atoms with Crippen molar-refractivity contribution in [1.82, 2.24) is 10.1 Å². The summed E-state index contributed by atoms with van der Waals surface area (Å²) in [5, 5.41) is 3.86. The zero-order valence-electron chi connectivity index (χ0n) is 8.95. The summed E-state index contributed by atoms with van der Waals surface area (Å²) in [7, 11) is 0. The molecule has 0 bridgehead atoms. The van der Waals surface area contributed by atoms with Crippen molar-refractivity contribution in [3.05, 3.63) is 11.7 Å². The van der Waals surface area contributed by atoms with E-state index in [1.807, 2.05) is 6.92 Å². The van der Waals surface area contributed by atoms with E-state index in [9.17, 15) is 4.79 Å². The van der Waals surface area contributed by atoms with Crippen LogP contribution in [0.1, 0.15) is 38.4 Å². The molecule has 1 fully saturated rings. The molecule has 0 spiro atoms. The van der Waals surface area contributed by atoms with E-state index in [4.69, 9.17) is 9.26 Å². The molecule has 1 atom stereocenters. The maximum atomic E-state index is 10.9. The summed E-state index contributed by atoms with van der Waals surface area (Å²) in [6.45, 7) is 4.17. The third kappa shape index (κ3) is 2.07. The third-order valence-corrected chi connectivity index (χ3v) is 2.56. The molecule has 0 aromatic carbocycles. The normalized spacial score (nSPS) is 25.7. The van der Waals surface area contributed by atoms with E-state index < -0.39 is 5.60 Å². The molecule has 1 aromatic heterocycles. The fourth-order valence-electron chi connectivity index (χ4n) is 1.71. The Kier molecular flexibility index (Phi) is 2.56. The molecule has 1 unspecified atom stereocenters. The fourth-order valence-corrected chi connectivity index (χ4v) is 1.71. The molecule has 1 saturated heterocycles. The number of carbonyl (C=O) groups excluding carboxylic acids is 1. The third-order valence-electron chi connectivity index (χ3n) is 2.56. The van der Waals surface area contributed by atoms with E-state index >= 15 is 0 Å². The Balaban J connectivity index is 2.15. The van der Waals surface area contributed by atoms with Gasteiger partial charge in [-0.1, -0.05) is 5.16 Å². The van der Waals surface area contributed by atoms with Gasteiger partial charge < -0.3 is 9.26 Å². The molecule has 0 N–H and O–H groups in total. The van der Waals surface area contributed by atoms with Crippen molar-refractivity contribution >= 4 is 5.78 Å². The molecule has 2 heterocycles. The maximum absolute atomic E-state index is 10.9. The number of rotatable bonds is 3. The molecule has 2 rings (SSSR count). The van der Waals surface area contributed by atoms with Crippen LogP contribution in [0.15, 0.2) is 4.52 Å². The summed E-state index contributed by atoms with van der Waals surface area (Å²) < 4.78 is 10.6. The second-order valence-corrected chi connectivity index (χ2v) is 4.07. The first-order valence-electron chi connectivity index (χ1n) is 5.07. The standard InChI is InChI=1S/C10H14N2O3/c1-7(13)6-8-11-9(12-15-8)10(2)4-3-5-14-10/h3-6H2,1-2H3. The van der Waals surface area contributed by atoms with Gasteiger partial charge in [0.1, 0.15) is 11.4 Å². The average Bonchev–Trinajstić information content (AvgIpc) is 2.74. The van der Waals surface area contributed by atoms with Gasteiger partial charge in [0.25, 0.3) is 0 Å². The van der Waals surface area contributed by atoms with E-state index in [2.05, 4.69) is 10.1 Å². The average molecular weight is 210 g/mol. The zero-order chi connectivity index (χ0) is 10.9. The van der Waals surface area contributed by atoms with Gasteiger partial charge in [-0.3, -0.25) is 4.79 Å². The van der Waals surface area contributed by atoms with E-state index in [0.717, 1.165) is 19.4 Å². The zero-order valence-corrected chi connectivity index (χ0v) is 8.95. The number of hydrogen-bond acceptors (Lipinski definition) is 5. The van der Waals surface area contributed by atoms with Gasteiger partial charge in [-0.05, 0) is 26.7 Å². The van der Waals surface area contributed by atoms with Crippen LogP contribution in [-0.2, 0) is 21.6 Å². The number of carbonyl (C=O) groups is 1. The summed E-state index contributed by atoms with van der Waals surface area (Å²) >= 11 is 0. The predicted octanol–water partition coefficient (Wildman–Crippen LogP) is 1.23. The lowest BCUT2D eigenvalue weighted by Crippen LogP contribution is -2.21. The molecular formula is C10H14N2O3. The van der Waals surface area contributed by atoms with E-state index in [1.165, 1.54) is 6.92 Å². The molecular weight excluding hydrogens is 196 g/mol. The van der Waals surface area contributed by atoms with Crippen molar-refractivity contribution in [2.45, 2.75) is 38.7 Å². The lowest BCUT2D eigenvalue weighted by molar-refractivity contribution is -0.116. The lowest BCUT2D eigenvalue weighted by Gasteiger charge is -2.17. The highest BCUT2D eigenvalue weighted by Crippen LogP contribution is 2.33. The summed E-state index contributed by atoms with van der Waals surface area (Å²) in [4.78, 5) is 15.0. The highest BCUT2D eigenvalue weighted by atomic mass is 16.5. The molecule has 0 saturated carbocycles. The largest absolute Gasteiger partial charge is 0.367 e. The second kappa shape index (κ2) is 3.73. The molecule has 0 amide bonds. The molecule has 5 heteroatoms. The van der Waals surface area contributed by atoms with Crippen LogP contribution in [0.25, 0.3) is 0 Å². The van der Waals surface area contributed by atoms with Gasteiger partial charge in [0.05, 0.1) is 6.42 Å². The number of ether oxygens (including phenoxy) is 1. The van der Waals surface area contributed by atoms with Gasteiger partial charge in [0.15, 0.2) is 0 Å². The Morgan fingerprint density at radius 1 is 1.60 bits per heavy atom. The Morgan fingerprint density at radius 3 is 3.00 bits per heavy atom. The van der Waals surface area contributed by atoms with E-state index in [1.54, 1.807) is 0 Å². The van der Waals surface area contributed by atoms with Crippen molar-refractivity contribution in [3.8, 4) is 0 Å². The minimum atomic E-state index is -0.432. The van der Waals surface area contributed by atoms with Gasteiger partial charge in [-0.2, -0.15) is 4.98 Å². The number of aromatic nitrogens is 2.